The van der Waals surface area contributed by atoms with E-state index in [9.17, 15) is 9.90 Å². The molecule has 0 saturated carbocycles. The van der Waals surface area contributed by atoms with Crippen molar-refractivity contribution < 1.29 is 24.1 Å². The third kappa shape index (κ3) is 8.15. The number of carbonyl (C=O) groups is 1. The van der Waals surface area contributed by atoms with E-state index in [0.717, 1.165) is 22.7 Å². The fourth-order valence-electron chi connectivity index (χ4n) is 3.56. The highest BCUT2D eigenvalue weighted by molar-refractivity contribution is 5.72. The van der Waals surface area contributed by atoms with Crippen molar-refractivity contribution >= 4 is 11.9 Å². The van der Waals surface area contributed by atoms with Crippen LogP contribution in [-0.2, 0) is 16.0 Å². The fourth-order valence-corrected chi connectivity index (χ4v) is 3.56. The quantitative estimate of drug-likeness (QED) is 0.334. The standard InChI is InChI=1S/C28H36N4O5/c1-6-35-22-14-10-21(11-15-22)26-29-25(19(3)4)30-28(31-26)32(5)16-17-37-23-12-8-20(9-13-23)18-24(27(33)34)36-7-2/h8-15,19,24H,6-7,16-18H2,1-5H3,(H,33,34). The molecule has 37 heavy (non-hydrogen) atoms. The Hall–Kier alpha value is -3.72. The number of hydrogen-bond donors (Lipinski definition) is 1. The minimum Gasteiger partial charge on any atom is -0.494 e. The van der Waals surface area contributed by atoms with E-state index in [4.69, 9.17) is 19.2 Å². The van der Waals surface area contributed by atoms with Crippen LogP contribution in [0.3, 0.4) is 0 Å². The second-order valence-electron chi connectivity index (χ2n) is 8.83. The molecule has 0 amide bonds. The molecule has 3 aromatic rings. The van der Waals surface area contributed by atoms with Crippen LogP contribution < -0.4 is 14.4 Å². The number of likely N-dealkylation sites (N-methyl/N-ethyl adjacent to an activating group) is 1. The van der Waals surface area contributed by atoms with Gasteiger partial charge in [-0.1, -0.05) is 26.0 Å². The Morgan fingerprint density at radius 3 is 2.16 bits per heavy atom. The number of hydrogen-bond acceptors (Lipinski definition) is 8. The van der Waals surface area contributed by atoms with Gasteiger partial charge in [-0.25, -0.2) is 9.78 Å². The van der Waals surface area contributed by atoms with E-state index in [1.165, 1.54) is 0 Å². The Balaban J connectivity index is 1.63. The van der Waals surface area contributed by atoms with Gasteiger partial charge < -0.3 is 24.2 Å². The lowest BCUT2D eigenvalue weighted by molar-refractivity contribution is -0.149. The van der Waals surface area contributed by atoms with E-state index in [-0.39, 0.29) is 5.92 Å². The minimum absolute atomic E-state index is 0.148. The first kappa shape index (κ1) is 27.9. The van der Waals surface area contributed by atoms with Gasteiger partial charge in [0, 0.05) is 31.6 Å². The summed E-state index contributed by atoms with van der Waals surface area (Å²) < 4.78 is 16.7. The van der Waals surface area contributed by atoms with E-state index in [0.29, 0.717) is 50.3 Å². The van der Waals surface area contributed by atoms with Crippen molar-refractivity contribution in [3.63, 3.8) is 0 Å². The molecule has 9 nitrogen and oxygen atoms in total. The Bertz CT molecular complexity index is 1140. The molecule has 198 valence electrons. The SMILES string of the molecule is CCOc1ccc(-c2nc(C(C)C)nc(N(C)CCOc3ccc(CC(OCC)C(=O)O)cc3)n2)cc1. The molecule has 0 aliphatic heterocycles. The normalized spacial score (nSPS) is 11.8. The summed E-state index contributed by atoms with van der Waals surface area (Å²) >= 11 is 0. The molecule has 3 rings (SSSR count). The van der Waals surface area contributed by atoms with Crippen LogP contribution in [0.1, 0.15) is 45.0 Å². The second-order valence-corrected chi connectivity index (χ2v) is 8.83. The van der Waals surface area contributed by atoms with Crippen molar-refractivity contribution in [1.29, 1.82) is 0 Å². The summed E-state index contributed by atoms with van der Waals surface area (Å²) in [6, 6.07) is 15.1. The van der Waals surface area contributed by atoms with E-state index >= 15 is 0 Å². The topological polar surface area (TPSA) is 107 Å². The van der Waals surface area contributed by atoms with Gasteiger partial charge in [0.1, 0.15) is 23.9 Å². The predicted octanol–water partition coefficient (Wildman–Crippen LogP) is 4.61. The zero-order chi connectivity index (χ0) is 26.8. The van der Waals surface area contributed by atoms with Gasteiger partial charge in [-0.05, 0) is 55.8 Å². The number of nitrogens with zero attached hydrogens (tertiary/aromatic N) is 4. The smallest absolute Gasteiger partial charge is 0.333 e. The molecule has 2 aromatic carbocycles. The summed E-state index contributed by atoms with van der Waals surface area (Å²) in [6.07, 6.45) is -0.547. The molecule has 1 heterocycles. The highest BCUT2D eigenvalue weighted by Gasteiger charge is 2.18. The molecule has 0 fully saturated rings. The van der Waals surface area contributed by atoms with Gasteiger partial charge in [-0.3, -0.25) is 0 Å². The minimum atomic E-state index is -0.963. The number of aromatic nitrogens is 3. The highest BCUT2D eigenvalue weighted by atomic mass is 16.5. The number of rotatable bonds is 14. The largest absolute Gasteiger partial charge is 0.494 e. The van der Waals surface area contributed by atoms with E-state index < -0.39 is 12.1 Å². The van der Waals surface area contributed by atoms with Crippen molar-refractivity contribution in [2.24, 2.45) is 0 Å². The van der Waals surface area contributed by atoms with Gasteiger partial charge in [-0.2, -0.15) is 9.97 Å². The molecule has 0 radical (unpaired) electrons. The lowest BCUT2D eigenvalue weighted by atomic mass is 10.1. The monoisotopic (exact) mass is 508 g/mol. The maximum Gasteiger partial charge on any atom is 0.333 e. The van der Waals surface area contributed by atoms with Gasteiger partial charge in [0.05, 0.1) is 13.2 Å². The first-order chi connectivity index (χ1) is 17.8. The number of anilines is 1. The molecule has 1 atom stereocenters. The maximum absolute atomic E-state index is 11.3. The van der Waals surface area contributed by atoms with E-state index in [1.54, 1.807) is 6.92 Å². The van der Waals surface area contributed by atoms with Gasteiger partial charge in [0.2, 0.25) is 5.95 Å². The fraction of sp³-hybridized carbons (Fsp3) is 0.429. The van der Waals surface area contributed by atoms with Crippen LogP contribution in [0, 0.1) is 0 Å². The molecule has 0 bridgehead atoms. The van der Waals surface area contributed by atoms with Crippen molar-refractivity contribution in [2.75, 3.05) is 38.3 Å². The van der Waals surface area contributed by atoms with Crippen LogP contribution in [0.5, 0.6) is 11.5 Å². The number of ether oxygens (including phenoxy) is 3. The summed E-state index contributed by atoms with van der Waals surface area (Å²) in [6.45, 7) is 9.81. The summed E-state index contributed by atoms with van der Waals surface area (Å²) in [5.41, 5.74) is 1.77. The van der Waals surface area contributed by atoms with Gasteiger partial charge in [-0.15, -0.1) is 0 Å². The number of carboxylic acid groups (broad SMARTS) is 1. The van der Waals surface area contributed by atoms with Crippen LogP contribution in [0.2, 0.25) is 0 Å². The molecule has 0 spiro atoms. The van der Waals surface area contributed by atoms with Crippen LogP contribution in [-0.4, -0.2) is 65.5 Å². The molecule has 1 aromatic heterocycles. The van der Waals surface area contributed by atoms with Gasteiger partial charge in [0.25, 0.3) is 0 Å². The number of benzene rings is 2. The summed E-state index contributed by atoms with van der Waals surface area (Å²) in [7, 11) is 1.92. The summed E-state index contributed by atoms with van der Waals surface area (Å²) in [5, 5.41) is 9.27. The number of carboxylic acids is 1. The van der Waals surface area contributed by atoms with Crippen LogP contribution in [0.15, 0.2) is 48.5 Å². The number of aliphatic carboxylic acids is 1. The average Bonchev–Trinajstić information content (AvgIpc) is 2.89. The van der Waals surface area contributed by atoms with Crippen LogP contribution in [0.25, 0.3) is 11.4 Å². The van der Waals surface area contributed by atoms with Crippen molar-refractivity contribution in [1.82, 2.24) is 15.0 Å². The molecule has 0 aliphatic carbocycles. The Kier molecular flexibility index (Phi) is 10.2. The van der Waals surface area contributed by atoms with E-state index in [2.05, 4.69) is 23.8 Å². The van der Waals surface area contributed by atoms with E-state index in [1.807, 2.05) is 67.4 Å². The summed E-state index contributed by atoms with van der Waals surface area (Å²) in [5.74, 6) is 2.62. The third-order valence-electron chi connectivity index (χ3n) is 5.61. The van der Waals surface area contributed by atoms with Gasteiger partial charge in [0.15, 0.2) is 11.9 Å². The Morgan fingerprint density at radius 1 is 0.919 bits per heavy atom. The van der Waals surface area contributed by atoms with Gasteiger partial charge >= 0.3 is 5.97 Å². The zero-order valence-electron chi connectivity index (χ0n) is 22.2. The maximum atomic E-state index is 11.3. The van der Waals surface area contributed by atoms with Crippen molar-refractivity contribution in [2.45, 2.75) is 46.1 Å². The predicted molar refractivity (Wildman–Crippen MR) is 142 cm³/mol. The Morgan fingerprint density at radius 2 is 1.57 bits per heavy atom. The molecule has 1 N–H and O–H groups in total. The van der Waals surface area contributed by atoms with Crippen LogP contribution in [0.4, 0.5) is 5.95 Å². The summed E-state index contributed by atoms with van der Waals surface area (Å²) in [4.78, 5) is 27.3. The lowest BCUT2D eigenvalue weighted by Gasteiger charge is -2.19. The lowest BCUT2D eigenvalue weighted by Crippen LogP contribution is -2.27. The molecule has 1 unspecified atom stereocenters. The average molecular weight is 509 g/mol. The van der Waals surface area contributed by atoms with Crippen molar-refractivity contribution in [3.8, 4) is 22.9 Å². The Labute approximate surface area is 218 Å². The van der Waals surface area contributed by atoms with Crippen molar-refractivity contribution in [3.05, 3.63) is 59.9 Å². The molecular weight excluding hydrogens is 472 g/mol. The molecular formula is C28H36N4O5. The molecule has 0 aliphatic rings. The zero-order valence-corrected chi connectivity index (χ0v) is 22.2. The second kappa shape index (κ2) is 13.5. The first-order valence-corrected chi connectivity index (χ1v) is 12.6. The van der Waals surface area contributed by atoms with Crippen LogP contribution >= 0.6 is 0 Å². The molecule has 0 saturated heterocycles. The third-order valence-corrected chi connectivity index (χ3v) is 5.61. The first-order valence-electron chi connectivity index (χ1n) is 12.6. The molecule has 9 heteroatoms. The highest BCUT2D eigenvalue weighted by Crippen LogP contribution is 2.23.